The molecule has 2 heterocycles. The van der Waals surface area contributed by atoms with Crippen molar-refractivity contribution in [2.24, 2.45) is 4.99 Å². The number of nitrogens with zero attached hydrogens (tertiary/aromatic N) is 6. The Hall–Kier alpha value is -3.72. The third kappa shape index (κ3) is 5.51. The molecule has 2 aromatic rings. The van der Waals surface area contributed by atoms with Gasteiger partial charge in [0.1, 0.15) is 23.0 Å². The van der Waals surface area contributed by atoms with Crippen LogP contribution in [0, 0.1) is 11.5 Å². The van der Waals surface area contributed by atoms with Crippen molar-refractivity contribution in [2.45, 2.75) is 71.2 Å². The molecule has 0 bridgehead atoms. The quantitative estimate of drug-likeness (QED) is 0.186. The fourth-order valence-electron chi connectivity index (χ4n) is 3.78. The Morgan fingerprint density at radius 1 is 1.31 bits per heavy atom. The Labute approximate surface area is 203 Å². The molecule has 1 aliphatic heterocycles. The third-order valence-electron chi connectivity index (χ3n) is 5.96. The van der Waals surface area contributed by atoms with E-state index < -0.39 is 17.2 Å². The SMILES string of the molecule is CCOC(=O)CCCn1nnnc1-c1ccc2c(c1)[C@@H](N=C(NC#N)OCC)[C@](C)(O)C(C)(C)O2. The maximum absolute atomic E-state index is 11.6. The lowest BCUT2D eigenvalue weighted by Crippen LogP contribution is -2.58. The number of aliphatic hydroxyl groups is 1. The van der Waals surface area contributed by atoms with E-state index in [9.17, 15) is 9.90 Å². The number of hydrogen-bond acceptors (Lipinski definition) is 10. The van der Waals surface area contributed by atoms with Gasteiger partial charge in [0.05, 0.1) is 13.2 Å². The minimum Gasteiger partial charge on any atom is -0.484 e. The van der Waals surface area contributed by atoms with E-state index in [0.29, 0.717) is 42.3 Å². The highest BCUT2D eigenvalue weighted by molar-refractivity contribution is 5.76. The van der Waals surface area contributed by atoms with Gasteiger partial charge in [-0.3, -0.25) is 4.79 Å². The average Bonchev–Trinajstić information content (AvgIpc) is 3.25. The normalized spacial score (nSPS) is 20.8. The smallest absolute Gasteiger partial charge is 0.305 e. The Bertz CT molecular complexity index is 1120. The lowest BCUT2D eigenvalue weighted by molar-refractivity contribution is -0.143. The molecule has 0 saturated carbocycles. The zero-order valence-corrected chi connectivity index (χ0v) is 20.6. The van der Waals surface area contributed by atoms with Crippen molar-refractivity contribution in [1.29, 1.82) is 5.26 Å². The number of carbonyl (C=O) groups excluding carboxylic acids is 1. The summed E-state index contributed by atoms with van der Waals surface area (Å²) in [4.78, 5) is 16.2. The number of hydrogen-bond donors (Lipinski definition) is 2. The molecular weight excluding hydrogens is 454 g/mol. The van der Waals surface area contributed by atoms with Gasteiger partial charge in [-0.2, -0.15) is 5.26 Å². The van der Waals surface area contributed by atoms with Gasteiger partial charge in [0.2, 0.25) is 0 Å². The number of nitriles is 1. The molecule has 12 nitrogen and oxygen atoms in total. The number of carbonyl (C=O) groups is 1. The predicted octanol–water partition coefficient (Wildman–Crippen LogP) is 2.11. The van der Waals surface area contributed by atoms with E-state index in [2.05, 4.69) is 25.8 Å². The number of benzene rings is 1. The van der Waals surface area contributed by atoms with Crippen molar-refractivity contribution in [3.05, 3.63) is 23.8 Å². The first kappa shape index (κ1) is 25.9. The third-order valence-corrected chi connectivity index (χ3v) is 5.96. The molecule has 0 unspecified atom stereocenters. The highest BCUT2D eigenvalue weighted by atomic mass is 16.5. The van der Waals surface area contributed by atoms with Crippen molar-refractivity contribution in [2.75, 3.05) is 13.2 Å². The Balaban J connectivity index is 1.99. The maximum Gasteiger partial charge on any atom is 0.305 e. The Morgan fingerprint density at radius 2 is 2.06 bits per heavy atom. The summed E-state index contributed by atoms with van der Waals surface area (Å²) in [6.07, 6.45) is 2.58. The van der Waals surface area contributed by atoms with Gasteiger partial charge in [0, 0.05) is 24.1 Å². The van der Waals surface area contributed by atoms with Crippen molar-refractivity contribution in [3.8, 4) is 23.3 Å². The zero-order chi connectivity index (χ0) is 25.6. The van der Waals surface area contributed by atoms with Crippen molar-refractivity contribution >= 4 is 12.0 Å². The summed E-state index contributed by atoms with van der Waals surface area (Å²) in [6.45, 7) is 9.76. The molecule has 0 spiro atoms. The number of rotatable bonds is 8. The maximum atomic E-state index is 11.6. The van der Waals surface area contributed by atoms with Crippen LogP contribution in [0.5, 0.6) is 5.75 Å². The number of ether oxygens (including phenoxy) is 3. The number of aliphatic imine (C=N–C) groups is 1. The molecule has 2 N–H and O–H groups in total. The molecule has 188 valence electrons. The fourth-order valence-corrected chi connectivity index (χ4v) is 3.78. The summed E-state index contributed by atoms with van der Waals surface area (Å²) in [7, 11) is 0. The monoisotopic (exact) mass is 485 g/mol. The van der Waals surface area contributed by atoms with Crippen LogP contribution in [-0.2, 0) is 20.8 Å². The summed E-state index contributed by atoms with van der Waals surface area (Å²) < 4.78 is 18.2. The van der Waals surface area contributed by atoms with E-state index in [1.807, 2.05) is 12.3 Å². The molecule has 12 heteroatoms. The van der Waals surface area contributed by atoms with Gasteiger partial charge < -0.3 is 19.3 Å². The van der Waals surface area contributed by atoms with E-state index in [1.54, 1.807) is 51.4 Å². The first-order chi connectivity index (χ1) is 16.6. The Morgan fingerprint density at radius 3 is 2.74 bits per heavy atom. The minimum absolute atomic E-state index is 0.00173. The lowest BCUT2D eigenvalue weighted by Gasteiger charge is -2.48. The van der Waals surface area contributed by atoms with Gasteiger partial charge in [0.25, 0.3) is 6.02 Å². The molecule has 0 radical (unpaired) electrons. The average molecular weight is 486 g/mol. The predicted molar refractivity (Wildman–Crippen MR) is 125 cm³/mol. The molecule has 0 fully saturated rings. The summed E-state index contributed by atoms with van der Waals surface area (Å²) in [5.74, 6) is 0.756. The van der Waals surface area contributed by atoms with E-state index in [4.69, 9.17) is 19.5 Å². The van der Waals surface area contributed by atoms with Crippen LogP contribution >= 0.6 is 0 Å². The van der Waals surface area contributed by atoms with Crippen LogP contribution in [0.4, 0.5) is 0 Å². The molecule has 1 aromatic heterocycles. The van der Waals surface area contributed by atoms with E-state index >= 15 is 0 Å². The molecule has 35 heavy (non-hydrogen) atoms. The van der Waals surface area contributed by atoms with Crippen molar-refractivity contribution < 1.29 is 24.1 Å². The molecule has 1 aromatic carbocycles. The standard InChI is InChI=1S/C23H31N7O5/c1-6-33-18(31)9-8-12-30-20(27-28-29-30)15-10-11-17-16(13-15)19(23(5,32)22(3,4)35-17)26-21(25-14-24)34-7-2/h10-11,13,19,32H,6-9,12H2,1-5H3,(H,25,26)/t19-,23+/m1/s1. The summed E-state index contributed by atoms with van der Waals surface area (Å²) in [5, 5.41) is 35.0. The molecule has 0 aliphatic carbocycles. The van der Waals surface area contributed by atoms with Crippen molar-refractivity contribution in [3.63, 3.8) is 0 Å². The van der Waals surface area contributed by atoms with Gasteiger partial charge in [-0.1, -0.05) is 0 Å². The number of fused-ring (bicyclic) bond motifs is 1. The topological polar surface area (TPSA) is 157 Å². The molecular formula is C23H31N7O5. The summed E-state index contributed by atoms with van der Waals surface area (Å²) >= 11 is 0. The van der Waals surface area contributed by atoms with E-state index in [0.717, 1.165) is 0 Å². The van der Waals surface area contributed by atoms with Crippen LogP contribution in [-0.4, -0.2) is 61.7 Å². The van der Waals surface area contributed by atoms with Crippen LogP contribution in [0.15, 0.2) is 23.2 Å². The van der Waals surface area contributed by atoms with Crippen LogP contribution in [0.1, 0.15) is 59.1 Å². The highest BCUT2D eigenvalue weighted by Crippen LogP contribution is 2.49. The fraction of sp³-hybridized carbons (Fsp3) is 0.565. The number of nitrogens with one attached hydrogen (secondary N) is 1. The van der Waals surface area contributed by atoms with Crippen LogP contribution in [0.3, 0.4) is 0 Å². The zero-order valence-electron chi connectivity index (χ0n) is 20.6. The van der Waals surface area contributed by atoms with Crippen molar-refractivity contribution in [1.82, 2.24) is 25.5 Å². The number of aryl methyl sites for hydroxylation is 1. The summed E-state index contributed by atoms with van der Waals surface area (Å²) in [6, 6.07) is 4.58. The lowest BCUT2D eigenvalue weighted by atomic mass is 9.75. The first-order valence-corrected chi connectivity index (χ1v) is 11.5. The highest BCUT2D eigenvalue weighted by Gasteiger charge is 2.53. The molecule has 0 saturated heterocycles. The molecule has 3 rings (SSSR count). The van der Waals surface area contributed by atoms with Gasteiger partial charge in [-0.15, -0.1) is 5.10 Å². The molecule has 2 atom stereocenters. The Kier molecular flexibility index (Phi) is 7.91. The summed E-state index contributed by atoms with van der Waals surface area (Å²) in [5.41, 5.74) is -1.18. The second kappa shape index (κ2) is 10.7. The van der Waals surface area contributed by atoms with E-state index in [1.165, 1.54) is 0 Å². The van der Waals surface area contributed by atoms with Gasteiger partial charge in [0.15, 0.2) is 12.0 Å². The van der Waals surface area contributed by atoms with Crippen LogP contribution in [0.25, 0.3) is 11.4 Å². The van der Waals surface area contributed by atoms with Gasteiger partial charge in [-0.05, 0) is 69.7 Å². The van der Waals surface area contributed by atoms with Gasteiger partial charge >= 0.3 is 5.97 Å². The van der Waals surface area contributed by atoms with Crippen LogP contribution < -0.4 is 10.1 Å². The second-order valence-electron chi connectivity index (χ2n) is 8.65. The molecule has 0 amide bonds. The second-order valence-corrected chi connectivity index (χ2v) is 8.65. The van der Waals surface area contributed by atoms with Gasteiger partial charge in [-0.25, -0.2) is 15.0 Å². The van der Waals surface area contributed by atoms with Crippen LogP contribution in [0.2, 0.25) is 0 Å². The number of amidine groups is 1. The number of tetrazole rings is 1. The van der Waals surface area contributed by atoms with E-state index in [-0.39, 0.29) is 25.0 Å². The number of esters is 1. The minimum atomic E-state index is -1.45. The largest absolute Gasteiger partial charge is 0.484 e. The number of aromatic nitrogens is 4. The molecule has 1 aliphatic rings. The first-order valence-electron chi connectivity index (χ1n) is 11.5.